The highest BCUT2D eigenvalue weighted by molar-refractivity contribution is 5.79. The van der Waals surface area contributed by atoms with Gasteiger partial charge in [-0.25, -0.2) is 0 Å². The molecule has 5 nitrogen and oxygen atoms in total. The first-order chi connectivity index (χ1) is 11.6. The van der Waals surface area contributed by atoms with Crippen LogP contribution in [0.4, 0.5) is 0 Å². The maximum Gasteiger partial charge on any atom is 0.222 e. The second kappa shape index (κ2) is 7.16. The number of para-hydroxylation sites is 1. The molecule has 1 amide bonds. The van der Waals surface area contributed by atoms with Crippen LogP contribution in [0.2, 0.25) is 0 Å². The molecule has 128 valence electrons. The summed E-state index contributed by atoms with van der Waals surface area (Å²) in [6.07, 6.45) is 5.20. The van der Waals surface area contributed by atoms with E-state index in [2.05, 4.69) is 24.3 Å². The van der Waals surface area contributed by atoms with Gasteiger partial charge in [-0.1, -0.05) is 38.8 Å². The number of carbonyl (C=O) groups is 1. The van der Waals surface area contributed by atoms with Gasteiger partial charge >= 0.3 is 0 Å². The van der Waals surface area contributed by atoms with E-state index in [-0.39, 0.29) is 17.4 Å². The number of hydrogen-bond donors (Lipinski definition) is 1. The first kappa shape index (κ1) is 16.7. The predicted molar refractivity (Wildman–Crippen MR) is 94.7 cm³/mol. The van der Waals surface area contributed by atoms with Crippen molar-refractivity contribution in [3.05, 3.63) is 40.7 Å². The van der Waals surface area contributed by atoms with Gasteiger partial charge in [0.2, 0.25) is 11.3 Å². The predicted octanol–water partition coefficient (Wildman–Crippen LogP) is 2.73. The third-order valence-corrected chi connectivity index (χ3v) is 5.37. The van der Waals surface area contributed by atoms with Crippen molar-refractivity contribution in [3.63, 3.8) is 0 Å². The van der Waals surface area contributed by atoms with Gasteiger partial charge in [0.1, 0.15) is 0 Å². The molecule has 5 heteroatoms. The third kappa shape index (κ3) is 3.50. The SMILES string of the molecule is CC1CCCC(NC(=O)CCn2ncc(=O)c3ccccc32)C1C. The number of fused-ring (bicyclic) bond motifs is 1. The van der Waals surface area contributed by atoms with E-state index in [1.165, 1.54) is 19.0 Å². The van der Waals surface area contributed by atoms with Gasteiger partial charge < -0.3 is 5.32 Å². The van der Waals surface area contributed by atoms with E-state index >= 15 is 0 Å². The molecule has 0 bridgehead atoms. The Kier molecular flexibility index (Phi) is 4.97. The Labute approximate surface area is 142 Å². The summed E-state index contributed by atoms with van der Waals surface area (Å²) >= 11 is 0. The average Bonchev–Trinajstić information content (AvgIpc) is 2.59. The molecule has 0 saturated heterocycles. The molecule has 1 aliphatic carbocycles. The van der Waals surface area contributed by atoms with E-state index in [9.17, 15) is 9.59 Å². The van der Waals surface area contributed by atoms with Crippen molar-refractivity contribution in [3.8, 4) is 0 Å². The van der Waals surface area contributed by atoms with Gasteiger partial charge in [-0.15, -0.1) is 0 Å². The zero-order valence-corrected chi connectivity index (χ0v) is 14.4. The standard InChI is InChI=1S/C19H25N3O2/c1-13-6-5-8-16(14(13)2)21-19(24)10-11-22-17-9-4-3-7-15(17)18(23)12-20-22/h3-4,7,9,12-14,16H,5-6,8,10-11H2,1-2H3,(H,21,24). The number of rotatable bonds is 4. The molecule has 2 aromatic rings. The number of aryl methyl sites for hydroxylation is 1. The van der Waals surface area contributed by atoms with Gasteiger partial charge in [-0.05, 0) is 30.4 Å². The van der Waals surface area contributed by atoms with Crippen molar-refractivity contribution in [2.24, 2.45) is 11.8 Å². The summed E-state index contributed by atoms with van der Waals surface area (Å²) < 4.78 is 1.74. The van der Waals surface area contributed by atoms with E-state index < -0.39 is 0 Å². The smallest absolute Gasteiger partial charge is 0.222 e. The van der Waals surface area contributed by atoms with Crippen LogP contribution in [0.5, 0.6) is 0 Å². The maximum atomic E-state index is 12.3. The molecule has 24 heavy (non-hydrogen) atoms. The molecular weight excluding hydrogens is 302 g/mol. The van der Waals surface area contributed by atoms with Crippen LogP contribution < -0.4 is 10.7 Å². The molecule has 3 rings (SSSR count). The monoisotopic (exact) mass is 327 g/mol. The minimum Gasteiger partial charge on any atom is -0.353 e. The van der Waals surface area contributed by atoms with E-state index in [1.54, 1.807) is 10.7 Å². The summed E-state index contributed by atoms with van der Waals surface area (Å²) in [4.78, 5) is 24.2. The number of aromatic nitrogens is 2. The van der Waals surface area contributed by atoms with Gasteiger partial charge in [-0.2, -0.15) is 5.10 Å². The number of carbonyl (C=O) groups excluding carboxylic acids is 1. The van der Waals surface area contributed by atoms with Gasteiger partial charge in [0.05, 0.1) is 18.3 Å². The van der Waals surface area contributed by atoms with Crippen LogP contribution in [-0.2, 0) is 11.3 Å². The quantitative estimate of drug-likeness (QED) is 0.939. The summed E-state index contributed by atoms with van der Waals surface area (Å²) in [7, 11) is 0. The van der Waals surface area contributed by atoms with Crippen molar-refractivity contribution in [2.75, 3.05) is 0 Å². The normalized spacial score (nSPS) is 24.0. The number of benzene rings is 1. The number of nitrogens with zero attached hydrogens (tertiary/aromatic N) is 2. The molecule has 3 atom stereocenters. The Morgan fingerprint density at radius 3 is 2.92 bits per heavy atom. The molecule has 1 aromatic carbocycles. The van der Waals surface area contributed by atoms with Crippen molar-refractivity contribution in [1.82, 2.24) is 15.1 Å². The van der Waals surface area contributed by atoms with Crippen LogP contribution in [-0.4, -0.2) is 21.7 Å². The maximum absolute atomic E-state index is 12.3. The summed E-state index contributed by atoms with van der Waals surface area (Å²) in [6.45, 7) is 4.97. The minimum atomic E-state index is -0.0867. The largest absolute Gasteiger partial charge is 0.353 e. The lowest BCUT2D eigenvalue weighted by Crippen LogP contribution is -2.43. The van der Waals surface area contributed by atoms with Crippen molar-refractivity contribution < 1.29 is 4.79 Å². The third-order valence-electron chi connectivity index (χ3n) is 5.37. The number of hydrogen-bond acceptors (Lipinski definition) is 3. The highest BCUT2D eigenvalue weighted by Crippen LogP contribution is 2.29. The van der Waals surface area contributed by atoms with E-state index in [4.69, 9.17) is 0 Å². The Hall–Kier alpha value is -2.17. The van der Waals surface area contributed by atoms with Crippen molar-refractivity contribution in [1.29, 1.82) is 0 Å². The molecule has 1 fully saturated rings. The number of amides is 1. The van der Waals surface area contributed by atoms with Crippen LogP contribution in [0.25, 0.3) is 10.9 Å². The molecule has 3 unspecified atom stereocenters. The van der Waals surface area contributed by atoms with Crippen LogP contribution >= 0.6 is 0 Å². The summed E-state index contributed by atoms with van der Waals surface area (Å²) in [5, 5.41) is 8.00. The fraction of sp³-hybridized carbons (Fsp3) is 0.526. The van der Waals surface area contributed by atoms with Crippen LogP contribution in [0, 0.1) is 11.8 Å². The summed E-state index contributed by atoms with van der Waals surface area (Å²) in [5.74, 6) is 1.24. The minimum absolute atomic E-state index is 0.0607. The molecule has 1 heterocycles. The molecule has 0 aliphatic heterocycles. The zero-order valence-electron chi connectivity index (χ0n) is 14.4. The molecule has 1 aliphatic rings. The van der Waals surface area contributed by atoms with Gasteiger partial charge in [-0.3, -0.25) is 14.3 Å². The fourth-order valence-electron chi connectivity index (χ4n) is 3.61. The van der Waals surface area contributed by atoms with Crippen LogP contribution in [0.15, 0.2) is 35.3 Å². The van der Waals surface area contributed by atoms with Crippen LogP contribution in [0.3, 0.4) is 0 Å². The lowest BCUT2D eigenvalue weighted by molar-refractivity contribution is -0.122. The second-order valence-corrected chi connectivity index (χ2v) is 6.94. The fourth-order valence-corrected chi connectivity index (χ4v) is 3.61. The highest BCUT2D eigenvalue weighted by atomic mass is 16.1. The van der Waals surface area contributed by atoms with E-state index in [1.807, 2.05) is 18.2 Å². The zero-order chi connectivity index (χ0) is 17.1. The number of nitrogens with one attached hydrogen (secondary N) is 1. The molecular formula is C19H25N3O2. The van der Waals surface area contributed by atoms with Gasteiger partial charge in [0.15, 0.2) is 0 Å². The Bertz CT molecular complexity index is 784. The molecule has 0 radical (unpaired) electrons. The highest BCUT2D eigenvalue weighted by Gasteiger charge is 2.27. The lowest BCUT2D eigenvalue weighted by Gasteiger charge is -2.34. The van der Waals surface area contributed by atoms with Crippen LogP contribution in [0.1, 0.15) is 39.5 Å². The molecule has 0 spiro atoms. The van der Waals surface area contributed by atoms with Crippen molar-refractivity contribution >= 4 is 16.8 Å². The average molecular weight is 327 g/mol. The lowest BCUT2D eigenvalue weighted by atomic mass is 9.78. The summed E-state index contributed by atoms with van der Waals surface area (Å²) in [6, 6.07) is 7.66. The van der Waals surface area contributed by atoms with Gasteiger partial charge in [0, 0.05) is 17.8 Å². The molecule has 1 N–H and O–H groups in total. The van der Waals surface area contributed by atoms with E-state index in [0.29, 0.717) is 30.2 Å². The topological polar surface area (TPSA) is 64.0 Å². The Morgan fingerprint density at radius 2 is 2.08 bits per heavy atom. The Balaban J connectivity index is 1.65. The Morgan fingerprint density at radius 1 is 1.29 bits per heavy atom. The second-order valence-electron chi connectivity index (χ2n) is 6.94. The van der Waals surface area contributed by atoms with Crippen molar-refractivity contribution in [2.45, 2.75) is 52.1 Å². The first-order valence-electron chi connectivity index (χ1n) is 8.80. The van der Waals surface area contributed by atoms with Gasteiger partial charge in [0.25, 0.3) is 0 Å². The summed E-state index contributed by atoms with van der Waals surface area (Å²) in [5.41, 5.74) is 0.689. The van der Waals surface area contributed by atoms with E-state index in [0.717, 1.165) is 11.9 Å². The molecule has 1 saturated carbocycles. The first-order valence-corrected chi connectivity index (χ1v) is 8.80. The molecule has 1 aromatic heterocycles.